The van der Waals surface area contributed by atoms with Gasteiger partial charge in [-0.3, -0.25) is 9.59 Å². The van der Waals surface area contributed by atoms with Crippen molar-refractivity contribution in [2.24, 2.45) is 0 Å². The van der Waals surface area contributed by atoms with Crippen LogP contribution in [0.3, 0.4) is 0 Å². The molecule has 0 aliphatic rings. The Morgan fingerprint density at radius 3 is 2.44 bits per heavy atom. The molecule has 2 aromatic rings. The van der Waals surface area contributed by atoms with Crippen molar-refractivity contribution < 1.29 is 14.3 Å². The summed E-state index contributed by atoms with van der Waals surface area (Å²) in [6.45, 7) is 7.86. The zero-order valence-electron chi connectivity index (χ0n) is 16.5. The van der Waals surface area contributed by atoms with Gasteiger partial charge in [0.1, 0.15) is 5.60 Å². The monoisotopic (exact) mass is 435 g/mol. The number of benzene rings is 1. The number of carbonyl (C=O) groups excluding carboxylic acids is 2. The van der Waals surface area contributed by atoms with Crippen molar-refractivity contribution in [1.29, 1.82) is 0 Å². The van der Waals surface area contributed by atoms with Gasteiger partial charge in [-0.15, -0.1) is 0 Å². The highest BCUT2D eigenvalue weighted by atomic mass is 79.9. The number of rotatable bonds is 6. The van der Waals surface area contributed by atoms with E-state index in [2.05, 4.69) is 21.0 Å². The van der Waals surface area contributed by atoms with Crippen molar-refractivity contribution >= 4 is 27.8 Å². The molecule has 1 amide bonds. The van der Waals surface area contributed by atoms with Crippen molar-refractivity contribution in [3.05, 3.63) is 46.2 Å². The maximum Gasteiger partial charge on any atom is 0.306 e. The molecule has 0 aliphatic carbocycles. The average molecular weight is 436 g/mol. The number of amides is 1. The van der Waals surface area contributed by atoms with Crippen LogP contribution in [0.25, 0.3) is 5.69 Å². The van der Waals surface area contributed by atoms with E-state index < -0.39 is 5.60 Å². The third-order valence-corrected chi connectivity index (χ3v) is 4.48. The first kappa shape index (κ1) is 21.2. The van der Waals surface area contributed by atoms with Crippen LogP contribution in [0.2, 0.25) is 0 Å². The number of carbonyl (C=O) groups is 2. The Labute approximate surface area is 168 Å². The maximum absolute atomic E-state index is 12.7. The molecule has 1 aromatic heterocycles. The Kier molecular flexibility index (Phi) is 6.81. The molecule has 1 aromatic carbocycles. The highest BCUT2D eigenvalue weighted by Gasteiger charge is 2.20. The summed E-state index contributed by atoms with van der Waals surface area (Å²) in [5.74, 6) is -0.359. The molecule has 7 heteroatoms. The van der Waals surface area contributed by atoms with Gasteiger partial charge in [-0.05, 0) is 58.4 Å². The Morgan fingerprint density at radius 2 is 1.85 bits per heavy atom. The van der Waals surface area contributed by atoms with Gasteiger partial charge in [0.25, 0.3) is 5.91 Å². The SMILES string of the molecule is Cc1c(C(=O)N(C)CCCC(=O)OC(C)(C)C)cnn1-c1ccc(Br)cc1. The van der Waals surface area contributed by atoms with E-state index >= 15 is 0 Å². The molecule has 0 saturated heterocycles. The van der Waals surface area contributed by atoms with Crippen molar-refractivity contribution in [2.45, 2.75) is 46.1 Å². The first-order chi connectivity index (χ1) is 12.6. The summed E-state index contributed by atoms with van der Waals surface area (Å²) in [6, 6.07) is 7.73. The summed E-state index contributed by atoms with van der Waals surface area (Å²) >= 11 is 3.41. The highest BCUT2D eigenvalue weighted by Crippen LogP contribution is 2.18. The van der Waals surface area contributed by atoms with Crippen LogP contribution in [0.5, 0.6) is 0 Å². The van der Waals surface area contributed by atoms with Crippen LogP contribution >= 0.6 is 15.9 Å². The molecule has 0 saturated carbocycles. The van der Waals surface area contributed by atoms with Gasteiger partial charge in [0.15, 0.2) is 0 Å². The molecule has 146 valence electrons. The van der Waals surface area contributed by atoms with Gasteiger partial charge in [0.05, 0.1) is 23.1 Å². The molecule has 0 aliphatic heterocycles. The van der Waals surface area contributed by atoms with Gasteiger partial charge >= 0.3 is 5.97 Å². The fourth-order valence-corrected chi connectivity index (χ4v) is 2.89. The minimum absolute atomic E-state index is 0.111. The first-order valence-electron chi connectivity index (χ1n) is 8.86. The third kappa shape index (κ3) is 5.92. The van der Waals surface area contributed by atoms with E-state index in [-0.39, 0.29) is 18.3 Å². The number of esters is 1. The summed E-state index contributed by atoms with van der Waals surface area (Å²) in [4.78, 5) is 26.1. The lowest BCUT2D eigenvalue weighted by atomic mass is 10.2. The third-order valence-electron chi connectivity index (χ3n) is 3.95. The van der Waals surface area contributed by atoms with Crippen molar-refractivity contribution in [3.8, 4) is 5.69 Å². The van der Waals surface area contributed by atoms with Crippen LogP contribution in [-0.2, 0) is 9.53 Å². The van der Waals surface area contributed by atoms with Crippen LogP contribution in [0, 0.1) is 6.92 Å². The number of halogens is 1. The van der Waals surface area contributed by atoms with Crippen LogP contribution in [0.1, 0.15) is 49.7 Å². The van der Waals surface area contributed by atoms with Gasteiger partial charge in [-0.2, -0.15) is 5.10 Å². The van der Waals surface area contributed by atoms with E-state index in [1.165, 1.54) is 0 Å². The van der Waals surface area contributed by atoms with E-state index in [0.717, 1.165) is 15.9 Å². The molecule has 0 unspecified atom stereocenters. The molecular formula is C20H26BrN3O3. The number of nitrogens with zero attached hydrogens (tertiary/aromatic N) is 3. The van der Waals surface area contributed by atoms with Gasteiger partial charge in [0, 0.05) is 24.5 Å². The van der Waals surface area contributed by atoms with E-state index in [1.807, 2.05) is 52.0 Å². The molecule has 0 fully saturated rings. The Balaban J connectivity index is 1.97. The van der Waals surface area contributed by atoms with Crippen LogP contribution in [-0.4, -0.2) is 45.8 Å². The van der Waals surface area contributed by atoms with Gasteiger partial charge < -0.3 is 9.64 Å². The zero-order valence-corrected chi connectivity index (χ0v) is 18.0. The van der Waals surface area contributed by atoms with E-state index in [1.54, 1.807) is 22.8 Å². The number of ether oxygens (including phenoxy) is 1. The van der Waals surface area contributed by atoms with Crippen LogP contribution in [0.4, 0.5) is 0 Å². The fourth-order valence-electron chi connectivity index (χ4n) is 2.62. The second-order valence-electron chi connectivity index (χ2n) is 7.45. The molecule has 6 nitrogen and oxygen atoms in total. The second kappa shape index (κ2) is 8.69. The molecule has 0 bridgehead atoms. The smallest absolute Gasteiger partial charge is 0.306 e. The summed E-state index contributed by atoms with van der Waals surface area (Å²) in [5, 5.41) is 4.35. The molecule has 0 atom stereocenters. The number of hydrogen-bond acceptors (Lipinski definition) is 4. The van der Waals surface area contributed by atoms with E-state index in [9.17, 15) is 9.59 Å². The Morgan fingerprint density at radius 1 is 1.22 bits per heavy atom. The standard InChI is InChI=1S/C20H26BrN3O3/c1-14-17(13-22-24(14)16-10-8-15(21)9-11-16)19(26)23(5)12-6-7-18(25)27-20(2,3)4/h8-11,13H,6-7,12H2,1-5H3. The molecule has 2 rings (SSSR count). The normalized spacial score (nSPS) is 11.3. The quantitative estimate of drug-likeness (QED) is 0.639. The molecule has 0 spiro atoms. The Bertz CT molecular complexity index is 807. The Hall–Kier alpha value is -2.15. The second-order valence-corrected chi connectivity index (χ2v) is 8.36. The largest absolute Gasteiger partial charge is 0.460 e. The predicted octanol–water partition coefficient (Wildman–Crippen LogP) is 4.14. The topological polar surface area (TPSA) is 64.4 Å². The summed E-state index contributed by atoms with van der Waals surface area (Å²) in [7, 11) is 1.73. The fraction of sp³-hybridized carbons (Fsp3) is 0.450. The summed E-state index contributed by atoms with van der Waals surface area (Å²) in [6.07, 6.45) is 2.42. The summed E-state index contributed by atoms with van der Waals surface area (Å²) < 4.78 is 8.01. The van der Waals surface area contributed by atoms with Gasteiger partial charge in [0.2, 0.25) is 0 Å². The van der Waals surface area contributed by atoms with Crippen LogP contribution < -0.4 is 0 Å². The first-order valence-corrected chi connectivity index (χ1v) is 9.65. The molecule has 0 radical (unpaired) electrons. The lowest BCUT2D eigenvalue weighted by Gasteiger charge is -2.20. The molecular weight excluding hydrogens is 410 g/mol. The number of hydrogen-bond donors (Lipinski definition) is 0. The van der Waals surface area contributed by atoms with Crippen LogP contribution in [0.15, 0.2) is 34.9 Å². The lowest BCUT2D eigenvalue weighted by Crippen LogP contribution is -2.29. The average Bonchev–Trinajstić information content (AvgIpc) is 2.94. The van der Waals surface area contributed by atoms with E-state index in [4.69, 9.17) is 4.74 Å². The minimum Gasteiger partial charge on any atom is -0.460 e. The zero-order chi connectivity index (χ0) is 20.2. The van der Waals surface area contributed by atoms with Crippen molar-refractivity contribution in [2.75, 3.05) is 13.6 Å². The van der Waals surface area contributed by atoms with Gasteiger partial charge in [-0.25, -0.2) is 4.68 Å². The highest BCUT2D eigenvalue weighted by molar-refractivity contribution is 9.10. The molecule has 0 N–H and O–H groups in total. The van der Waals surface area contributed by atoms with Crippen molar-refractivity contribution in [1.82, 2.24) is 14.7 Å². The molecule has 27 heavy (non-hydrogen) atoms. The van der Waals surface area contributed by atoms with Gasteiger partial charge in [-0.1, -0.05) is 15.9 Å². The number of aromatic nitrogens is 2. The maximum atomic E-state index is 12.7. The summed E-state index contributed by atoms with van der Waals surface area (Å²) in [5.41, 5.74) is 1.73. The van der Waals surface area contributed by atoms with E-state index in [0.29, 0.717) is 18.5 Å². The predicted molar refractivity (Wildman–Crippen MR) is 108 cm³/mol. The van der Waals surface area contributed by atoms with Crippen molar-refractivity contribution in [3.63, 3.8) is 0 Å². The molecule has 1 heterocycles. The minimum atomic E-state index is -0.489. The lowest BCUT2D eigenvalue weighted by molar-refractivity contribution is -0.154.